The number of carbonyl (C=O) groups is 1. The summed E-state index contributed by atoms with van der Waals surface area (Å²) in [4.78, 5) is 11.1. The minimum absolute atomic E-state index is 0.00477. The molecule has 0 fully saturated rings. The number of thioether (sulfide) groups is 1. The van der Waals surface area contributed by atoms with Gasteiger partial charge in [0, 0.05) is 24.5 Å². The molecule has 0 aliphatic rings. The average Bonchev–Trinajstić information content (AvgIpc) is 2.83. The maximum absolute atomic E-state index is 12.2. The number of nitrogens with zero attached hydrogens (tertiary/aromatic N) is 1. The molecule has 120 valence electrons. The molecule has 0 aliphatic carbocycles. The molecule has 21 heavy (non-hydrogen) atoms. The van der Waals surface area contributed by atoms with Crippen molar-refractivity contribution in [3.05, 3.63) is 18.0 Å². The fourth-order valence-electron chi connectivity index (χ4n) is 1.83. The molecule has 0 bridgehead atoms. The van der Waals surface area contributed by atoms with Gasteiger partial charge in [0.25, 0.3) is 0 Å². The minimum atomic E-state index is -3.66. The van der Waals surface area contributed by atoms with Gasteiger partial charge in [0.15, 0.2) is 0 Å². The summed E-state index contributed by atoms with van der Waals surface area (Å²) in [6.07, 6.45) is 4.81. The highest BCUT2D eigenvalue weighted by Crippen LogP contribution is 2.16. The molecule has 8 heteroatoms. The van der Waals surface area contributed by atoms with Gasteiger partial charge in [0.1, 0.15) is 10.6 Å². The van der Waals surface area contributed by atoms with Gasteiger partial charge in [-0.25, -0.2) is 17.9 Å². The van der Waals surface area contributed by atoms with Crippen molar-refractivity contribution >= 4 is 27.8 Å². The van der Waals surface area contributed by atoms with E-state index in [-0.39, 0.29) is 10.6 Å². The molecular weight excluding hydrogens is 312 g/mol. The Morgan fingerprint density at radius 1 is 1.52 bits per heavy atom. The first-order chi connectivity index (χ1) is 9.81. The summed E-state index contributed by atoms with van der Waals surface area (Å²) >= 11 is 1.67. The molecule has 0 radical (unpaired) electrons. The molecule has 1 aromatic heterocycles. The van der Waals surface area contributed by atoms with E-state index in [4.69, 9.17) is 5.11 Å². The standard InChI is InChI=1S/C13H22N2O4S2/c1-4-7-15-9-11(8-12(15)13(16)17)21(18,19)14-6-5-10(2)20-3/h8-10,14H,4-7H2,1-3H3,(H,16,17). The first kappa shape index (κ1) is 18.1. The number of aromatic nitrogens is 1. The Balaban J connectivity index is 2.88. The van der Waals surface area contributed by atoms with Crippen molar-refractivity contribution < 1.29 is 18.3 Å². The summed E-state index contributed by atoms with van der Waals surface area (Å²) in [5, 5.41) is 9.48. The molecule has 1 rings (SSSR count). The summed E-state index contributed by atoms with van der Waals surface area (Å²) in [5.41, 5.74) is -0.00490. The molecule has 2 N–H and O–H groups in total. The van der Waals surface area contributed by atoms with Crippen LogP contribution >= 0.6 is 11.8 Å². The van der Waals surface area contributed by atoms with E-state index in [9.17, 15) is 13.2 Å². The Bertz CT molecular complexity index is 581. The van der Waals surface area contributed by atoms with Crippen LogP contribution in [0.2, 0.25) is 0 Å². The predicted octanol–water partition coefficient (Wildman–Crippen LogP) is 2.02. The van der Waals surface area contributed by atoms with Crippen molar-refractivity contribution in [2.24, 2.45) is 0 Å². The Kier molecular flexibility index (Phi) is 6.76. The van der Waals surface area contributed by atoms with Gasteiger partial charge in [-0.1, -0.05) is 13.8 Å². The van der Waals surface area contributed by atoms with Gasteiger partial charge in [-0.2, -0.15) is 11.8 Å². The van der Waals surface area contributed by atoms with Gasteiger partial charge >= 0.3 is 5.97 Å². The van der Waals surface area contributed by atoms with Crippen LogP contribution in [0, 0.1) is 0 Å². The van der Waals surface area contributed by atoms with Crippen LogP contribution in [0.25, 0.3) is 0 Å². The van der Waals surface area contributed by atoms with Crippen LogP contribution < -0.4 is 4.72 Å². The SMILES string of the molecule is CCCn1cc(S(=O)(=O)NCCC(C)SC)cc1C(=O)O. The number of aromatic carboxylic acids is 1. The van der Waals surface area contributed by atoms with E-state index < -0.39 is 16.0 Å². The lowest BCUT2D eigenvalue weighted by Crippen LogP contribution is -2.26. The highest BCUT2D eigenvalue weighted by Gasteiger charge is 2.21. The third-order valence-corrected chi connectivity index (χ3v) is 5.58. The summed E-state index contributed by atoms with van der Waals surface area (Å²) in [6.45, 7) is 4.74. The van der Waals surface area contributed by atoms with E-state index in [1.165, 1.54) is 16.8 Å². The lowest BCUT2D eigenvalue weighted by molar-refractivity contribution is 0.0685. The zero-order chi connectivity index (χ0) is 16.0. The van der Waals surface area contributed by atoms with Gasteiger partial charge in [-0.05, 0) is 25.2 Å². The molecule has 1 heterocycles. The third kappa shape index (κ3) is 5.05. The van der Waals surface area contributed by atoms with Crippen LogP contribution in [0.15, 0.2) is 17.2 Å². The number of sulfonamides is 1. The lowest BCUT2D eigenvalue weighted by atomic mass is 10.3. The van der Waals surface area contributed by atoms with Crippen molar-refractivity contribution in [1.82, 2.24) is 9.29 Å². The minimum Gasteiger partial charge on any atom is -0.477 e. The Labute approximate surface area is 130 Å². The monoisotopic (exact) mass is 334 g/mol. The molecule has 0 saturated heterocycles. The van der Waals surface area contributed by atoms with Crippen LogP contribution in [0.5, 0.6) is 0 Å². The predicted molar refractivity (Wildman–Crippen MR) is 84.5 cm³/mol. The topological polar surface area (TPSA) is 88.4 Å². The van der Waals surface area contributed by atoms with Crippen LogP contribution in [0.4, 0.5) is 0 Å². The molecular formula is C13H22N2O4S2. The molecule has 1 unspecified atom stereocenters. The van der Waals surface area contributed by atoms with E-state index in [1.807, 2.05) is 20.1 Å². The molecule has 0 spiro atoms. The van der Waals surface area contributed by atoms with Crippen molar-refractivity contribution in [2.75, 3.05) is 12.8 Å². The second-order valence-corrected chi connectivity index (χ2v) is 7.84. The van der Waals surface area contributed by atoms with Crippen LogP contribution in [0.3, 0.4) is 0 Å². The molecule has 0 saturated carbocycles. The Morgan fingerprint density at radius 2 is 2.19 bits per heavy atom. The summed E-state index contributed by atoms with van der Waals surface area (Å²) in [7, 11) is -3.66. The number of hydrogen-bond acceptors (Lipinski definition) is 4. The lowest BCUT2D eigenvalue weighted by Gasteiger charge is -2.08. The number of nitrogens with one attached hydrogen (secondary N) is 1. The van der Waals surface area contributed by atoms with E-state index in [0.717, 1.165) is 12.8 Å². The number of carboxylic acids is 1. The zero-order valence-electron chi connectivity index (χ0n) is 12.5. The summed E-state index contributed by atoms with van der Waals surface area (Å²) in [6, 6.07) is 1.21. The summed E-state index contributed by atoms with van der Waals surface area (Å²) < 4.78 is 28.3. The van der Waals surface area contributed by atoms with E-state index in [0.29, 0.717) is 18.3 Å². The zero-order valence-corrected chi connectivity index (χ0v) is 14.1. The Morgan fingerprint density at radius 3 is 2.71 bits per heavy atom. The molecule has 0 aliphatic heterocycles. The number of aryl methyl sites for hydroxylation is 1. The van der Waals surface area contributed by atoms with Gasteiger partial charge < -0.3 is 9.67 Å². The number of carboxylic acid groups (broad SMARTS) is 1. The van der Waals surface area contributed by atoms with Gasteiger partial charge in [-0.3, -0.25) is 0 Å². The maximum Gasteiger partial charge on any atom is 0.352 e. The first-order valence-corrected chi connectivity index (χ1v) is 9.54. The number of hydrogen-bond donors (Lipinski definition) is 2. The normalized spacial score (nSPS) is 13.3. The average molecular weight is 334 g/mol. The highest BCUT2D eigenvalue weighted by atomic mass is 32.2. The quantitative estimate of drug-likeness (QED) is 0.721. The van der Waals surface area contributed by atoms with Gasteiger partial charge in [0.05, 0.1) is 0 Å². The molecule has 1 atom stereocenters. The maximum atomic E-state index is 12.2. The fourth-order valence-corrected chi connectivity index (χ4v) is 3.27. The smallest absolute Gasteiger partial charge is 0.352 e. The molecule has 1 aromatic rings. The fraction of sp³-hybridized carbons (Fsp3) is 0.615. The molecule has 0 aromatic carbocycles. The van der Waals surface area contributed by atoms with Gasteiger partial charge in [-0.15, -0.1) is 0 Å². The third-order valence-electron chi connectivity index (χ3n) is 3.11. The van der Waals surface area contributed by atoms with Crippen LogP contribution in [0.1, 0.15) is 37.2 Å². The second kappa shape index (κ2) is 7.86. The van der Waals surface area contributed by atoms with E-state index in [1.54, 1.807) is 11.8 Å². The highest BCUT2D eigenvalue weighted by molar-refractivity contribution is 7.99. The summed E-state index contributed by atoms with van der Waals surface area (Å²) in [5.74, 6) is -1.12. The molecule has 0 amide bonds. The van der Waals surface area contributed by atoms with Crippen molar-refractivity contribution in [1.29, 1.82) is 0 Å². The van der Waals surface area contributed by atoms with E-state index >= 15 is 0 Å². The molecule has 6 nitrogen and oxygen atoms in total. The van der Waals surface area contributed by atoms with Crippen molar-refractivity contribution in [2.45, 2.75) is 43.4 Å². The largest absolute Gasteiger partial charge is 0.477 e. The van der Waals surface area contributed by atoms with Crippen LogP contribution in [-0.2, 0) is 16.6 Å². The van der Waals surface area contributed by atoms with E-state index in [2.05, 4.69) is 4.72 Å². The van der Waals surface area contributed by atoms with Gasteiger partial charge in [0.2, 0.25) is 10.0 Å². The van der Waals surface area contributed by atoms with Crippen molar-refractivity contribution in [3.63, 3.8) is 0 Å². The van der Waals surface area contributed by atoms with Crippen molar-refractivity contribution in [3.8, 4) is 0 Å². The Hall–Kier alpha value is -0.990. The number of rotatable bonds is 9. The second-order valence-electron chi connectivity index (χ2n) is 4.79. The van der Waals surface area contributed by atoms with Crippen LogP contribution in [-0.4, -0.2) is 42.1 Å². The first-order valence-electron chi connectivity index (χ1n) is 6.77.